The smallest absolute Gasteiger partial charge is 0.223 e. The van der Waals surface area contributed by atoms with E-state index < -0.39 is 0 Å². The third kappa shape index (κ3) is 3.82. The van der Waals surface area contributed by atoms with Crippen LogP contribution in [0.5, 0.6) is 0 Å². The van der Waals surface area contributed by atoms with Crippen LogP contribution in [0.2, 0.25) is 0 Å². The van der Waals surface area contributed by atoms with E-state index in [4.69, 9.17) is 11.6 Å². The molecule has 1 aromatic rings. The van der Waals surface area contributed by atoms with Gasteiger partial charge in [0.25, 0.3) is 0 Å². The van der Waals surface area contributed by atoms with Crippen LogP contribution in [-0.2, 0) is 0 Å². The van der Waals surface area contributed by atoms with Gasteiger partial charge >= 0.3 is 0 Å². The number of alkyl halides is 1. The molecule has 3 nitrogen and oxygen atoms in total. The molecular formula is C15H24ClN3. The van der Waals surface area contributed by atoms with Crippen molar-refractivity contribution >= 4 is 17.5 Å². The Morgan fingerprint density at radius 2 is 2.05 bits per heavy atom. The first-order chi connectivity index (χ1) is 9.10. The van der Waals surface area contributed by atoms with Crippen molar-refractivity contribution in [3.05, 3.63) is 17.5 Å². The maximum Gasteiger partial charge on any atom is 0.223 e. The molecule has 1 saturated carbocycles. The molecule has 2 rings (SSSR count). The van der Waals surface area contributed by atoms with Crippen LogP contribution in [0.1, 0.15) is 56.8 Å². The van der Waals surface area contributed by atoms with Gasteiger partial charge in [0.05, 0.1) is 0 Å². The summed E-state index contributed by atoms with van der Waals surface area (Å²) in [5.41, 5.74) is 2.13. The lowest BCUT2D eigenvalue weighted by Gasteiger charge is -2.31. The van der Waals surface area contributed by atoms with E-state index in [0.717, 1.165) is 23.2 Å². The second kappa shape index (κ2) is 6.56. The van der Waals surface area contributed by atoms with Crippen LogP contribution in [-0.4, -0.2) is 21.9 Å². The van der Waals surface area contributed by atoms with Crippen LogP contribution in [0.25, 0.3) is 0 Å². The lowest BCUT2D eigenvalue weighted by Crippen LogP contribution is -2.34. The molecule has 1 aromatic heterocycles. The zero-order valence-electron chi connectivity index (χ0n) is 12.1. The highest BCUT2D eigenvalue weighted by Gasteiger charge is 2.25. The van der Waals surface area contributed by atoms with Gasteiger partial charge in [-0.3, -0.25) is 0 Å². The fourth-order valence-corrected chi connectivity index (χ4v) is 3.07. The number of hydrogen-bond donors (Lipinski definition) is 1. The number of nitrogens with one attached hydrogen (secondary N) is 1. The summed E-state index contributed by atoms with van der Waals surface area (Å²) < 4.78 is 0. The third-order valence-electron chi connectivity index (χ3n) is 3.89. The van der Waals surface area contributed by atoms with Gasteiger partial charge < -0.3 is 5.32 Å². The summed E-state index contributed by atoms with van der Waals surface area (Å²) in [5, 5.41) is 3.51. The topological polar surface area (TPSA) is 37.8 Å². The monoisotopic (exact) mass is 281 g/mol. The highest BCUT2D eigenvalue weighted by atomic mass is 35.5. The van der Waals surface area contributed by atoms with Crippen LogP contribution in [0.15, 0.2) is 6.07 Å². The largest absolute Gasteiger partial charge is 0.351 e. The Hall–Kier alpha value is -0.830. The SMILES string of the molecule is Cc1cc(C(C)C)nc(NC2CCCCC2CCl)n1. The molecule has 0 aromatic carbocycles. The van der Waals surface area contributed by atoms with Gasteiger partial charge in [-0.05, 0) is 37.7 Å². The first-order valence-corrected chi connectivity index (χ1v) is 7.81. The van der Waals surface area contributed by atoms with E-state index in [1.165, 1.54) is 25.7 Å². The van der Waals surface area contributed by atoms with Crippen molar-refractivity contribution < 1.29 is 0 Å². The van der Waals surface area contributed by atoms with Crippen molar-refractivity contribution in [1.29, 1.82) is 0 Å². The third-order valence-corrected chi connectivity index (χ3v) is 4.28. The summed E-state index contributed by atoms with van der Waals surface area (Å²) in [5.74, 6) is 2.46. The number of hydrogen-bond acceptors (Lipinski definition) is 3. The molecule has 0 aliphatic heterocycles. The van der Waals surface area contributed by atoms with Crippen LogP contribution in [0.4, 0.5) is 5.95 Å². The second-order valence-electron chi connectivity index (χ2n) is 5.86. The van der Waals surface area contributed by atoms with E-state index in [0.29, 0.717) is 17.9 Å². The number of aryl methyl sites for hydroxylation is 1. The average molecular weight is 282 g/mol. The van der Waals surface area contributed by atoms with E-state index >= 15 is 0 Å². The summed E-state index contributed by atoms with van der Waals surface area (Å²) in [7, 11) is 0. The van der Waals surface area contributed by atoms with Gasteiger partial charge in [-0.1, -0.05) is 26.7 Å². The van der Waals surface area contributed by atoms with E-state index in [-0.39, 0.29) is 0 Å². The molecule has 2 atom stereocenters. The molecule has 1 N–H and O–H groups in total. The van der Waals surface area contributed by atoms with Crippen LogP contribution in [0, 0.1) is 12.8 Å². The molecule has 1 fully saturated rings. The van der Waals surface area contributed by atoms with Gasteiger partial charge in [-0.25, -0.2) is 9.97 Å². The fourth-order valence-electron chi connectivity index (χ4n) is 2.70. The maximum absolute atomic E-state index is 6.07. The zero-order chi connectivity index (χ0) is 13.8. The van der Waals surface area contributed by atoms with Crippen molar-refractivity contribution in [2.45, 2.75) is 58.4 Å². The van der Waals surface area contributed by atoms with Crippen LogP contribution in [0.3, 0.4) is 0 Å². The molecule has 0 saturated heterocycles. The van der Waals surface area contributed by atoms with Crippen molar-refractivity contribution in [3.8, 4) is 0 Å². The van der Waals surface area contributed by atoms with Gasteiger partial charge in [0, 0.05) is 23.3 Å². The lowest BCUT2D eigenvalue weighted by atomic mass is 9.86. The number of aromatic nitrogens is 2. The molecule has 1 heterocycles. The Morgan fingerprint density at radius 1 is 1.32 bits per heavy atom. The predicted molar refractivity (Wildman–Crippen MR) is 80.9 cm³/mol. The van der Waals surface area contributed by atoms with Crippen molar-refractivity contribution in [2.24, 2.45) is 5.92 Å². The fraction of sp³-hybridized carbons (Fsp3) is 0.733. The second-order valence-corrected chi connectivity index (χ2v) is 6.17. The summed E-state index contributed by atoms with van der Waals surface area (Å²) in [6, 6.07) is 2.49. The number of nitrogens with zero attached hydrogens (tertiary/aromatic N) is 2. The van der Waals surface area contributed by atoms with E-state index in [9.17, 15) is 0 Å². The molecule has 106 valence electrons. The highest BCUT2D eigenvalue weighted by molar-refractivity contribution is 6.18. The lowest BCUT2D eigenvalue weighted by molar-refractivity contribution is 0.352. The van der Waals surface area contributed by atoms with Crippen LogP contribution < -0.4 is 5.32 Å². The minimum absolute atomic E-state index is 0.424. The molecule has 2 unspecified atom stereocenters. The van der Waals surface area contributed by atoms with E-state index in [2.05, 4.69) is 35.2 Å². The van der Waals surface area contributed by atoms with Crippen molar-refractivity contribution in [2.75, 3.05) is 11.2 Å². The molecule has 0 bridgehead atoms. The number of halogens is 1. The van der Waals surface area contributed by atoms with Gasteiger partial charge in [0.2, 0.25) is 5.95 Å². The average Bonchev–Trinajstić information content (AvgIpc) is 2.38. The quantitative estimate of drug-likeness (QED) is 0.844. The van der Waals surface area contributed by atoms with E-state index in [1.54, 1.807) is 0 Å². The molecule has 0 amide bonds. The predicted octanol–water partition coefficient (Wildman–Crippen LogP) is 4.12. The normalized spacial score (nSPS) is 23.6. The van der Waals surface area contributed by atoms with Crippen LogP contribution >= 0.6 is 11.6 Å². The number of rotatable bonds is 4. The first-order valence-electron chi connectivity index (χ1n) is 7.28. The number of anilines is 1. The Morgan fingerprint density at radius 3 is 2.74 bits per heavy atom. The zero-order valence-corrected chi connectivity index (χ0v) is 12.9. The summed E-state index contributed by atoms with van der Waals surface area (Å²) in [6.07, 6.45) is 4.95. The molecule has 19 heavy (non-hydrogen) atoms. The Bertz CT molecular complexity index is 420. The summed E-state index contributed by atoms with van der Waals surface area (Å²) >= 11 is 6.07. The van der Waals surface area contributed by atoms with Gasteiger partial charge in [0.15, 0.2) is 0 Å². The van der Waals surface area contributed by atoms with Crippen molar-refractivity contribution in [3.63, 3.8) is 0 Å². The van der Waals surface area contributed by atoms with Crippen molar-refractivity contribution in [1.82, 2.24) is 9.97 Å². The Kier molecular flexibility index (Phi) is 5.03. The molecule has 1 aliphatic carbocycles. The van der Waals surface area contributed by atoms with Gasteiger partial charge in [-0.15, -0.1) is 11.6 Å². The molecule has 0 spiro atoms. The van der Waals surface area contributed by atoms with Gasteiger partial charge in [-0.2, -0.15) is 0 Å². The molecular weight excluding hydrogens is 258 g/mol. The molecule has 4 heteroatoms. The van der Waals surface area contributed by atoms with Gasteiger partial charge in [0.1, 0.15) is 0 Å². The molecule has 1 aliphatic rings. The minimum Gasteiger partial charge on any atom is -0.351 e. The standard InChI is InChI=1S/C15H24ClN3/c1-10(2)14-8-11(3)17-15(19-14)18-13-7-5-4-6-12(13)9-16/h8,10,12-13H,4-7,9H2,1-3H3,(H,17,18,19). The Balaban J connectivity index is 2.13. The molecule has 0 radical (unpaired) electrons. The maximum atomic E-state index is 6.07. The summed E-state index contributed by atoms with van der Waals surface area (Å²) in [6.45, 7) is 6.35. The van der Waals surface area contributed by atoms with E-state index in [1.807, 2.05) is 6.92 Å². The first kappa shape index (κ1) is 14.6. The summed E-state index contributed by atoms with van der Waals surface area (Å²) in [4.78, 5) is 9.14. The Labute approximate surface area is 121 Å². The highest BCUT2D eigenvalue weighted by Crippen LogP contribution is 2.27. The minimum atomic E-state index is 0.424.